The molecule has 1 amide bonds. The van der Waals surface area contributed by atoms with Gasteiger partial charge in [-0.1, -0.05) is 11.6 Å². The number of thioether (sulfide) groups is 1. The summed E-state index contributed by atoms with van der Waals surface area (Å²) in [5.74, 6) is 0.543. The molecular formula is C19H21ClN2O3S2. The largest absolute Gasteiger partial charge is 0.326 e. The van der Waals surface area contributed by atoms with Crippen molar-refractivity contribution >= 4 is 45.0 Å². The third-order valence-electron chi connectivity index (χ3n) is 4.25. The highest BCUT2D eigenvalue weighted by molar-refractivity contribution is 7.99. The molecule has 0 aliphatic carbocycles. The molecule has 2 aromatic carbocycles. The summed E-state index contributed by atoms with van der Waals surface area (Å²) in [5, 5.41) is 3.49. The predicted octanol–water partition coefficient (Wildman–Crippen LogP) is 4.25. The Bertz CT molecular complexity index is 878. The summed E-state index contributed by atoms with van der Waals surface area (Å²) in [6, 6.07) is 13.8. The third kappa shape index (κ3) is 5.48. The molecule has 144 valence electrons. The number of sulfonamides is 1. The van der Waals surface area contributed by atoms with Crippen molar-refractivity contribution in [1.82, 2.24) is 4.31 Å². The molecule has 1 aliphatic heterocycles. The van der Waals surface area contributed by atoms with Crippen LogP contribution in [0.1, 0.15) is 19.3 Å². The van der Waals surface area contributed by atoms with E-state index in [9.17, 15) is 13.2 Å². The Hall–Kier alpha value is -1.54. The lowest BCUT2D eigenvalue weighted by Gasteiger charge is -2.15. The van der Waals surface area contributed by atoms with Crippen LogP contribution in [0, 0.1) is 0 Å². The fourth-order valence-corrected chi connectivity index (χ4v) is 5.30. The minimum atomic E-state index is -3.42. The number of hydrogen-bond donors (Lipinski definition) is 1. The number of nitrogens with zero attached hydrogens (tertiary/aromatic N) is 1. The smallest absolute Gasteiger partial charge is 0.243 e. The van der Waals surface area contributed by atoms with Crippen LogP contribution in [-0.2, 0) is 14.8 Å². The van der Waals surface area contributed by atoms with Gasteiger partial charge in [-0.3, -0.25) is 4.79 Å². The number of rotatable bonds is 7. The van der Waals surface area contributed by atoms with E-state index in [0.29, 0.717) is 36.0 Å². The number of anilines is 1. The SMILES string of the molecule is O=C(CCSc1ccc(Cl)cc1)Nc1ccc(S(=O)(=O)N2CCCC2)cc1. The van der Waals surface area contributed by atoms with Gasteiger partial charge in [0, 0.05) is 40.9 Å². The number of halogens is 1. The van der Waals surface area contributed by atoms with Crippen LogP contribution in [0.5, 0.6) is 0 Å². The molecule has 1 saturated heterocycles. The molecule has 2 aromatic rings. The molecule has 3 rings (SSSR count). The van der Waals surface area contributed by atoms with Gasteiger partial charge >= 0.3 is 0 Å². The monoisotopic (exact) mass is 424 g/mol. The lowest BCUT2D eigenvalue weighted by molar-refractivity contribution is -0.115. The van der Waals surface area contributed by atoms with Crippen LogP contribution in [0.25, 0.3) is 0 Å². The molecule has 0 radical (unpaired) electrons. The van der Waals surface area contributed by atoms with Crippen LogP contribution >= 0.6 is 23.4 Å². The average molecular weight is 425 g/mol. The van der Waals surface area contributed by atoms with Gasteiger partial charge in [0.1, 0.15) is 0 Å². The molecule has 0 aromatic heterocycles. The highest BCUT2D eigenvalue weighted by Crippen LogP contribution is 2.23. The van der Waals surface area contributed by atoms with Crippen molar-refractivity contribution in [2.45, 2.75) is 29.1 Å². The van der Waals surface area contributed by atoms with E-state index >= 15 is 0 Å². The maximum atomic E-state index is 12.5. The highest BCUT2D eigenvalue weighted by atomic mass is 35.5. The van der Waals surface area contributed by atoms with Crippen molar-refractivity contribution in [3.63, 3.8) is 0 Å². The molecule has 1 heterocycles. The van der Waals surface area contributed by atoms with Crippen molar-refractivity contribution in [2.75, 3.05) is 24.2 Å². The molecule has 1 aliphatic rings. The van der Waals surface area contributed by atoms with Crippen molar-refractivity contribution in [3.8, 4) is 0 Å². The van der Waals surface area contributed by atoms with E-state index in [1.54, 1.807) is 36.0 Å². The molecule has 8 heteroatoms. The van der Waals surface area contributed by atoms with Crippen molar-refractivity contribution in [1.29, 1.82) is 0 Å². The summed E-state index contributed by atoms with van der Waals surface area (Å²) in [6.07, 6.45) is 2.17. The van der Waals surface area contributed by atoms with Crippen LogP contribution in [0.3, 0.4) is 0 Å². The van der Waals surface area contributed by atoms with Gasteiger partial charge in [-0.05, 0) is 61.4 Å². The second-order valence-corrected chi connectivity index (χ2v) is 9.78. The number of hydrogen-bond acceptors (Lipinski definition) is 4. The Kier molecular flexibility index (Phi) is 6.81. The van der Waals surface area contributed by atoms with E-state index in [1.165, 1.54) is 4.31 Å². The quantitative estimate of drug-likeness (QED) is 0.675. The Labute approximate surface area is 169 Å². The van der Waals surface area contributed by atoms with Crippen LogP contribution < -0.4 is 5.32 Å². The minimum absolute atomic E-state index is 0.105. The number of benzene rings is 2. The van der Waals surface area contributed by atoms with Crippen LogP contribution in [0.15, 0.2) is 58.3 Å². The van der Waals surface area contributed by atoms with Gasteiger partial charge in [-0.15, -0.1) is 11.8 Å². The van der Waals surface area contributed by atoms with Crippen molar-refractivity contribution in [2.24, 2.45) is 0 Å². The van der Waals surface area contributed by atoms with Gasteiger partial charge in [0.15, 0.2) is 0 Å². The minimum Gasteiger partial charge on any atom is -0.326 e. The molecule has 0 atom stereocenters. The molecule has 0 spiro atoms. The van der Waals surface area contributed by atoms with Gasteiger partial charge < -0.3 is 5.32 Å². The second-order valence-electron chi connectivity index (χ2n) is 6.24. The summed E-state index contributed by atoms with van der Waals surface area (Å²) in [7, 11) is -3.42. The fourth-order valence-electron chi connectivity index (χ4n) is 2.80. The summed E-state index contributed by atoms with van der Waals surface area (Å²) in [6.45, 7) is 1.15. The molecular weight excluding hydrogens is 404 g/mol. The molecule has 0 unspecified atom stereocenters. The molecule has 27 heavy (non-hydrogen) atoms. The zero-order chi connectivity index (χ0) is 19.3. The summed E-state index contributed by atoms with van der Waals surface area (Å²) < 4.78 is 26.5. The molecule has 5 nitrogen and oxygen atoms in total. The maximum Gasteiger partial charge on any atom is 0.243 e. The molecule has 0 bridgehead atoms. The second kappa shape index (κ2) is 9.10. The van der Waals surface area contributed by atoms with E-state index < -0.39 is 10.0 Å². The van der Waals surface area contributed by atoms with Crippen molar-refractivity contribution < 1.29 is 13.2 Å². The Morgan fingerprint density at radius 1 is 1.04 bits per heavy atom. The first-order chi connectivity index (χ1) is 12.9. The zero-order valence-corrected chi connectivity index (χ0v) is 17.1. The summed E-state index contributed by atoms with van der Waals surface area (Å²) in [5.41, 5.74) is 0.594. The Balaban J connectivity index is 1.50. The van der Waals surface area contributed by atoms with Gasteiger partial charge in [-0.25, -0.2) is 8.42 Å². The van der Waals surface area contributed by atoms with Gasteiger partial charge in [0.25, 0.3) is 0 Å². The third-order valence-corrected chi connectivity index (χ3v) is 7.43. The van der Waals surface area contributed by atoms with Gasteiger partial charge in [0.05, 0.1) is 4.90 Å². The number of nitrogens with one attached hydrogen (secondary N) is 1. The van der Waals surface area contributed by atoms with Crippen LogP contribution in [0.4, 0.5) is 5.69 Å². The Morgan fingerprint density at radius 3 is 2.30 bits per heavy atom. The topological polar surface area (TPSA) is 66.5 Å². The molecule has 0 saturated carbocycles. The summed E-state index contributed by atoms with van der Waals surface area (Å²) in [4.78, 5) is 13.4. The zero-order valence-electron chi connectivity index (χ0n) is 14.7. The van der Waals surface area contributed by atoms with Crippen LogP contribution in [-0.4, -0.2) is 37.5 Å². The lowest BCUT2D eigenvalue weighted by Crippen LogP contribution is -2.27. The Morgan fingerprint density at radius 2 is 1.67 bits per heavy atom. The van der Waals surface area contributed by atoms with E-state index in [0.717, 1.165) is 17.7 Å². The highest BCUT2D eigenvalue weighted by Gasteiger charge is 2.26. The summed E-state index contributed by atoms with van der Waals surface area (Å²) >= 11 is 7.43. The number of carbonyl (C=O) groups is 1. The van der Waals surface area contributed by atoms with Crippen molar-refractivity contribution in [3.05, 3.63) is 53.6 Å². The lowest BCUT2D eigenvalue weighted by atomic mass is 10.3. The average Bonchev–Trinajstić information content (AvgIpc) is 3.19. The first kappa shape index (κ1) is 20.2. The van der Waals surface area contributed by atoms with E-state index in [4.69, 9.17) is 11.6 Å². The molecule has 1 N–H and O–H groups in total. The number of carbonyl (C=O) groups excluding carboxylic acids is 1. The molecule has 1 fully saturated rings. The van der Waals surface area contributed by atoms with E-state index in [-0.39, 0.29) is 10.8 Å². The fraction of sp³-hybridized carbons (Fsp3) is 0.316. The van der Waals surface area contributed by atoms with Crippen LogP contribution in [0.2, 0.25) is 5.02 Å². The maximum absolute atomic E-state index is 12.5. The predicted molar refractivity (Wildman–Crippen MR) is 110 cm³/mol. The van der Waals surface area contributed by atoms with E-state index in [2.05, 4.69) is 5.32 Å². The van der Waals surface area contributed by atoms with Gasteiger partial charge in [-0.2, -0.15) is 4.31 Å². The standard InChI is InChI=1S/C19H21ClN2O3S2/c20-15-3-7-17(8-4-15)26-14-11-19(23)21-16-5-9-18(10-6-16)27(24,25)22-12-1-2-13-22/h3-10H,1-2,11-14H2,(H,21,23). The van der Waals surface area contributed by atoms with E-state index in [1.807, 2.05) is 24.3 Å². The first-order valence-electron chi connectivity index (χ1n) is 8.73. The van der Waals surface area contributed by atoms with Gasteiger partial charge in [0.2, 0.25) is 15.9 Å². The number of amides is 1. The normalized spacial score (nSPS) is 15.0. The first-order valence-corrected chi connectivity index (χ1v) is 11.5.